The van der Waals surface area contributed by atoms with E-state index in [-0.39, 0.29) is 17.2 Å². The fourth-order valence-electron chi connectivity index (χ4n) is 3.32. The van der Waals surface area contributed by atoms with E-state index < -0.39 is 10.8 Å². The molecule has 5 heteroatoms. The van der Waals surface area contributed by atoms with Crippen LogP contribution >= 0.6 is 0 Å². The molecule has 4 atom stereocenters. The summed E-state index contributed by atoms with van der Waals surface area (Å²) in [6, 6.07) is 8.41. The Morgan fingerprint density at radius 1 is 1.35 bits per heavy atom. The summed E-state index contributed by atoms with van der Waals surface area (Å²) in [4.78, 5) is 11.2. The van der Waals surface area contributed by atoms with Crippen molar-refractivity contribution in [2.75, 3.05) is 11.1 Å². The third-order valence-corrected chi connectivity index (χ3v) is 6.30. The Kier molecular flexibility index (Phi) is 6.78. The molecule has 128 valence electrons. The van der Waals surface area contributed by atoms with Crippen molar-refractivity contribution >= 4 is 22.4 Å². The van der Waals surface area contributed by atoms with Crippen molar-refractivity contribution in [2.45, 2.75) is 63.8 Å². The molecule has 1 aromatic carbocycles. The van der Waals surface area contributed by atoms with Crippen LogP contribution in [0, 0.1) is 0 Å². The molecule has 0 aromatic heterocycles. The number of anilines is 1. The van der Waals surface area contributed by atoms with Gasteiger partial charge in [0, 0.05) is 41.2 Å². The number of benzene rings is 1. The molecule has 2 rings (SSSR count). The van der Waals surface area contributed by atoms with E-state index in [0.29, 0.717) is 6.04 Å². The molecule has 1 aromatic rings. The lowest BCUT2D eigenvalue weighted by molar-refractivity contribution is -0.114. The quantitative estimate of drug-likeness (QED) is 0.837. The van der Waals surface area contributed by atoms with Crippen molar-refractivity contribution in [1.29, 1.82) is 0 Å². The number of hydrogen-bond acceptors (Lipinski definition) is 3. The molecule has 23 heavy (non-hydrogen) atoms. The van der Waals surface area contributed by atoms with Crippen LogP contribution in [0.25, 0.3) is 0 Å². The van der Waals surface area contributed by atoms with Crippen molar-refractivity contribution in [3.63, 3.8) is 0 Å². The minimum atomic E-state index is -0.748. The highest BCUT2D eigenvalue weighted by atomic mass is 32.2. The third-order valence-electron chi connectivity index (χ3n) is 4.50. The lowest BCUT2D eigenvalue weighted by Crippen LogP contribution is -2.45. The molecule has 0 spiro atoms. The summed E-state index contributed by atoms with van der Waals surface area (Å²) in [6.45, 7) is 5.65. The van der Waals surface area contributed by atoms with Gasteiger partial charge in [-0.05, 0) is 37.5 Å². The Labute approximate surface area is 141 Å². The number of carbonyl (C=O) groups excluding carboxylic acids is 1. The highest BCUT2D eigenvalue weighted by Crippen LogP contribution is 2.26. The topological polar surface area (TPSA) is 58.2 Å². The average molecular weight is 337 g/mol. The fraction of sp³-hybridized carbons (Fsp3) is 0.611. The van der Waals surface area contributed by atoms with Gasteiger partial charge in [-0.15, -0.1) is 0 Å². The lowest BCUT2D eigenvalue weighted by atomic mass is 9.93. The standard InChI is InChI=1S/C18H28N2O2S/c1-4-23(22)18-11-6-5-10-17(18)19-13(2)15-8-7-9-16(12-15)20-14(3)21/h7-9,12-13,17-19H,4-6,10-11H2,1-3H3,(H,20,21)/t13-,17+,18-,23-/m1/s1. The Morgan fingerprint density at radius 3 is 2.78 bits per heavy atom. The monoisotopic (exact) mass is 336 g/mol. The summed E-state index contributed by atoms with van der Waals surface area (Å²) in [5, 5.41) is 6.76. The molecule has 1 amide bonds. The first-order valence-electron chi connectivity index (χ1n) is 8.52. The first-order valence-corrected chi connectivity index (χ1v) is 9.90. The average Bonchev–Trinajstić information content (AvgIpc) is 2.54. The third kappa shape index (κ3) is 5.15. The molecule has 4 nitrogen and oxygen atoms in total. The van der Waals surface area contributed by atoms with Crippen LogP contribution in [-0.4, -0.2) is 27.2 Å². The van der Waals surface area contributed by atoms with E-state index in [0.717, 1.165) is 29.8 Å². The van der Waals surface area contributed by atoms with E-state index in [1.165, 1.54) is 19.8 Å². The Bertz CT molecular complexity index is 562. The van der Waals surface area contributed by atoms with E-state index >= 15 is 0 Å². The molecule has 0 radical (unpaired) electrons. The number of rotatable bonds is 6. The molecule has 1 aliphatic rings. The fourth-order valence-corrected chi connectivity index (χ4v) is 4.76. The molecule has 0 bridgehead atoms. The van der Waals surface area contributed by atoms with Crippen LogP contribution in [0.4, 0.5) is 5.69 Å². The zero-order chi connectivity index (χ0) is 16.8. The highest BCUT2D eigenvalue weighted by molar-refractivity contribution is 7.85. The van der Waals surface area contributed by atoms with E-state index in [9.17, 15) is 9.00 Å². The maximum Gasteiger partial charge on any atom is 0.221 e. The maximum absolute atomic E-state index is 12.3. The summed E-state index contributed by atoms with van der Waals surface area (Å²) in [5.41, 5.74) is 1.96. The second kappa shape index (κ2) is 8.60. The number of hydrogen-bond donors (Lipinski definition) is 2. The number of nitrogens with one attached hydrogen (secondary N) is 2. The maximum atomic E-state index is 12.3. The van der Waals surface area contributed by atoms with Crippen molar-refractivity contribution in [3.05, 3.63) is 29.8 Å². The van der Waals surface area contributed by atoms with Crippen LogP contribution in [0.5, 0.6) is 0 Å². The predicted molar refractivity (Wildman–Crippen MR) is 97.0 cm³/mol. The van der Waals surface area contributed by atoms with Gasteiger partial charge in [0.25, 0.3) is 0 Å². The van der Waals surface area contributed by atoms with Crippen LogP contribution in [0.1, 0.15) is 58.1 Å². The van der Waals surface area contributed by atoms with Gasteiger partial charge < -0.3 is 10.6 Å². The van der Waals surface area contributed by atoms with Crippen molar-refractivity contribution < 1.29 is 9.00 Å². The summed E-state index contributed by atoms with van der Waals surface area (Å²) in [7, 11) is -0.748. The Balaban J connectivity index is 2.06. The van der Waals surface area contributed by atoms with Crippen LogP contribution in [0.3, 0.4) is 0 Å². The number of carbonyl (C=O) groups is 1. The van der Waals surface area contributed by atoms with Gasteiger partial charge in [-0.1, -0.05) is 31.9 Å². The molecular formula is C18H28N2O2S. The van der Waals surface area contributed by atoms with Crippen molar-refractivity contribution in [2.24, 2.45) is 0 Å². The van der Waals surface area contributed by atoms with Gasteiger partial charge in [-0.3, -0.25) is 9.00 Å². The SMILES string of the molecule is CC[S@@](=O)[C@@H]1CCCC[C@@H]1N[C@H](C)c1cccc(NC(C)=O)c1. The summed E-state index contributed by atoms with van der Waals surface area (Å²) >= 11 is 0. The van der Waals surface area contributed by atoms with Crippen molar-refractivity contribution in [3.8, 4) is 0 Å². The number of amides is 1. The van der Waals surface area contributed by atoms with Gasteiger partial charge in [-0.25, -0.2) is 0 Å². The van der Waals surface area contributed by atoms with E-state index in [4.69, 9.17) is 0 Å². The predicted octanol–water partition coefficient (Wildman–Crippen LogP) is 3.38. The molecular weight excluding hydrogens is 308 g/mol. The zero-order valence-electron chi connectivity index (χ0n) is 14.3. The normalized spacial score (nSPS) is 24.0. The highest BCUT2D eigenvalue weighted by Gasteiger charge is 2.30. The summed E-state index contributed by atoms with van der Waals surface area (Å²) in [6.07, 6.45) is 4.53. The smallest absolute Gasteiger partial charge is 0.221 e. The first-order chi connectivity index (χ1) is 11.0. The van der Waals surface area contributed by atoms with Crippen LogP contribution in [0.2, 0.25) is 0 Å². The van der Waals surface area contributed by atoms with Crippen molar-refractivity contribution in [1.82, 2.24) is 5.32 Å². The molecule has 1 aliphatic carbocycles. The Morgan fingerprint density at radius 2 is 2.09 bits per heavy atom. The molecule has 0 unspecified atom stereocenters. The van der Waals surface area contributed by atoms with Crippen LogP contribution < -0.4 is 10.6 Å². The second-order valence-corrected chi connectivity index (χ2v) is 8.24. The van der Waals surface area contributed by atoms with Gasteiger partial charge in [0.1, 0.15) is 0 Å². The molecule has 1 saturated carbocycles. The van der Waals surface area contributed by atoms with Gasteiger partial charge in [0.2, 0.25) is 5.91 Å². The minimum Gasteiger partial charge on any atom is -0.326 e. The lowest BCUT2D eigenvalue weighted by Gasteiger charge is -2.34. The molecule has 2 N–H and O–H groups in total. The van der Waals surface area contributed by atoms with Gasteiger partial charge in [0.15, 0.2) is 0 Å². The van der Waals surface area contributed by atoms with E-state index in [1.807, 2.05) is 25.1 Å². The zero-order valence-corrected chi connectivity index (χ0v) is 15.1. The van der Waals surface area contributed by atoms with Gasteiger partial charge in [-0.2, -0.15) is 0 Å². The van der Waals surface area contributed by atoms with E-state index in [2.05, 4.69) is 23.6 Å². The molecule has 0 heterocycles. The molecule has 0 saturated heterocycles. The minimum absolute atomic E-state index is 0.0616. The molecule has 1 fully saturated rings. The van der Waals surface area contributed by atoms with Crippen LogP contribution in [-0.2, 0) is 15.6 Å². The Hall–Kier alpha value is -1.20. The largest absolute Gasteiger partial charge is 0.326 e. The second-order valence-electron chi connectivity index (χ2n) is 6.29. The van der Waals surface area contributed by atoms with Gasteiger partial charge >= 0.3 is 0 Å². The first kappa shape index (κ1) is 18.1. The summed E-state index contributed by atoms with van der Waals surface area (Å²) in [5.74, 6) is 0.670. The van der Waals surface area contributed by atoms with E-state index in [1.54, 1.807) is 0 Å². The summed E-state index contributed by atoms with van der Waals surface area (Å²) < 4.78 is 12.3. The molecule has 0 aliphatic heterocycles. The van der Waals surface area contributed by atoms with Crippen LogP contribution in [0.15, 0.2) is 24.3 Å². The van der Waals surface area contributed by atoms with Gasteiger partial charge in [0.05, 0.1) is 5.25 Å².